The molecule has 7 rings (SSSR count). The maximum Gasteiger partial charge on any atom is 0.255 e. The Bertz CT molecular complexity index is 1880. The molecule has 1 atom stereocenters. The van der Waals surface area contributed by atoms with Crippen molar-refractivity contribution in [3.8, 4) is 28.2 Å². The summed E-state index contributed by atoms with van der Waals surface area (Å²) in [6.45, 7) is 3.24. The number of aryl methyl sites for hydroxylation is 1. The van der Waals surface area contributed by atoms with E-state index in [0.29, 0.717) is 52.4 Å². The van der Waals surface area contributed by atoms with Crippen molar-refractivity contribution in [3.63, 3.8) is 0 Å². The van der Waals surface area contributed by atoms with Crippen LogP contribution in [0.4, 0.5) is 4.39 Å². The molecule has 1 saturated carbocycles. The Morgan fingerprint density at radius 3 is 2.50 bits per heavy atom. The van der Waals surface area contributed by atoms with Crippen LogP contribution in [0.2, 0.25) is 0 Å². The van der Waals surface area contributed by atoms with Gasteiger partial charge in [-0.3, -0.25) is 15.1 Å². The van der Waals surface area contributed by atoms with E-state index in [-0.39, 0.29) is 17.8 Å². The van der Waals surface area contributed by atoms with Crippen LogP contribution in [0.15, 0.2) is 83.4 Å². The zero-order chi connectivity index (χ0) is 31.8. The molecule has 1 aliphatic carbocycles. The van der Waals surface area contributed by atoms with E-state index in [1.807, 2.05) is 55.5 Å². The third-order valence-corrected chi connectivity index (χ3v) is 8.98. The topological polar surface area (TPSA) is 106 Å². The molecule has 9 heteroatoms. The highest BCUT2D eigenvalue weighted by Crippen LogP contribution is 2.45. The van der Waals surface area contributed by atoms with Gasteiger partial charge in [0.1, 0.15) is 35.2 Å². The number of halogens is 1. The second-order valence-electron chi connectivity index (χ2n) is 12.1. The van der Waals surface area contributed by atoms with E-state index in [4.69, 9.17) is 13.9 Å². The van der Waals surface area contributed by atoms with Crippen molar-refractivity contribution < 1.29 is 28.2 Å². The number of amides is 1. The first-order valence-electron chi connectivity index (χ1n) is 15.7. The molecule has 2 aliphatic rings. The normalized spacial score (nSPS) is 16.7. The number of furan rings is 1. The van der Waals surface area contributed by atoms with E-state index < -0.39 is 11.8 Å². The highest BCUT2D eigenvalue weighted by molar-refractivity contribution is 6.00. The fourth-order valence-electron chi connectivity index (χ4n) is 6.26. The smallest absolute Gasteiger partial charge is 0.255 e. The number of carbonyl (C=O) groups is 1. The van der Waals surface area contributed by atoms with Crippen LogP contribution in [0.3, 0.4) is 0 Å². The number of aliphatic hydroxyl groups is 1. The van der Waals surface area contributed by atoms with Crippen LogP contribution in [0.25, 0.3) is 33.4 Å². The molecule has 1 saturated heterocycles. The molecule has 1 unspecified atom stereocenters. The van der Waals surface area contributed by atoms with Crippen molar-refractivity contribution in [1.29, 1.82) is 0 Å². The summed E-state index contributed by atoms with van der Waals surface area (Å²) in [6.07, 6.45) is 3.80. The minimum absolute atomic E-state index is 0.0472. The van der Waals surface area contributed by atoms with Crippen molar-refractivity contribution in [2.24, 2.45) is 0 Å². The zero-order valence-electron chi connectivity index (χ0n) is 25.8. The molecule has 2 aromatic heterocycles. The summed E-state index contributed by atoms with van der Waals surface area (Å²) in [5.74, 6) is 0.415. The van der Waals surface area contributed by atoms with Gasteiger partial charge in [-0.2, -0.15) is 0 Å². The Kier molecular flexibility index (Phi) is 8.06. The summed E-state index contributed by atoms with van der Waals surface area (Å²) in [7, 11) is 1.66. The number of hydrogen-bond donors (Lipinski definition) is 3. The van der Waals surface area contributed by atoms with Gasteiger partial charge in [-0.25, -0.2) is 4.39 Å². The van der Waals surface area contributed by atoms with Crippen molar-refractivity contribution in [2.75, 3.05) is 20.3 Å². The number of pyridine rings is 1. The SMILES string of the molecule is CNC(O)c1c(-c2ccc(F)cc2)oc2ccc(-c3cc(C(=O)NC4(c5ccccn5)CC4)c(OC4CCOCC4)cc3C)cc12. The molecule has 1 amide bonds. The van der Waals surface area contributed by atoms with Crippen LogP contribution in [0.1, 0.15) is 59.1 Å². The molecule has 3 aromatic carbocycles. The molecule has 1 aliphatic heterocycles. The lowest BCUT2D eigenvalue weighted by Gasteiger charge is -2.26. The van der Waals surface area contributed by atoms with Crippen LogP contribution < -0.4 is 15.4 Å². The lowest BCUT2D eigenvalue weighted by atomic mass is 9.94. The molecular formula is C37H36FN3O5. The van der Waals surface area contributed by atoms with Crippen LogP contribution in [-0.2, 0) is 10.3 Å². The quantitative estimate of drug-likeness (QED) is 0.156. The standard InChI is InChI=1S/C37H36FN3O5/c1-22-19-31(45-26-12-17-44-18-13-26)29(35(42)41-37(14-15-37)32-5-3-4-16-40-32)21-27(22)24-8-11-30-28(20-24)33(36(43)39-2)34(46-30)23-6-9-25(38)10-7-23/h3-11,16,19-21,26,36,39,43H,12-15,17-18H2,1-2H3,(H,41,42). The molecule has 8 nitrogen and oxygen atoms in total. The van der Waals surface area contributed by atoms with Gasteiger partial charge in [-0.05, 0) is 104 Å². The molecule has 5 aromatic rings. The minimum Gasteiger partial charge on any atom is -0.489 e. The number of fused-ring (bicyclic) bond motifs is 1. The second-order valence-corrected chi connectivity index (χ2v) is 12.1. The summed E-state index contributed by atoms with van der Waals surface area (Å²) >= 11 is 0. The fraction of sp³-hybridized carbons (Fsp3) is 0.297. The third-order valence-electron chi connectivity index (χ3n) is 8.98. The maximum absolute atomic E-state index is 14.1. The van der Waals surface area contributed by atoms with Crippen LogP contribution in [0, 0.1) is 12.7 Å². The van der Waals surface area contributed by atoms with Crippen molar-refractivity contribution in [2.45, 2.75) is 50.5 Å². The molecule has 0 radical (unpaired) electrons. The largest absolute Gasteiger partial charge is 0.489 e. The Labute approximate surface area is 266 Å². The Morgan fingerprint density at radius 1 is 1.04 bits per heavy atom. The predicted octanol–water partition coefficient (Wildman–Crippen LogP) is 6.80. The monoisotopic (exact) mass is 621 g/mol. The highest BCUT2D eigenvalue weighted by Gasteiger charge is 2.47. The fourth-order valence-corrected chi connectivity index (χ4v) is 6.26. The zero-order valence-corrected chi connectivity index (χ0v) is 25.8. The summed E-state index contributed by atoms with van der Waals surface area (Å²) in [4.78, 5) is 18.6. The number of nitrogens with one attached hydrogen (secondary N) is 2. The summed E-state index contributed by atoms with van der Waals surface area (Å²) < 4.78 is 31.9. The Hall–Kier alpha value is -4.57. The first-order valence-corrected chi connectivity index (χ1v) is 15.7. The van der Waals surface area contributed by atoms with E-state index in [2.05, 4.69) is 15.6 Å². The van der Waals surface area contributed by atoms with Crippen molar-refractivity contribution >= 4 is 16.9 Å². The molecule has 46 heavy (non-hydrogen) atoms. The summed E-state index contributed by atoms with van der Waals surface area (Å²) in [6, 6.07) is 21.3. The van der Waals surface area contributed by atoms with Crippen LogP contribution in [0.5, 0.6) is 5.75 Å². The van der Waals surface area contributed by atoms with Gasteiger partial charge in [0.15, 0.2) is 0 Å². The molecule has 0 bridgehead atoms. The van der Waals surface area contributed by atoms with Gasteiger partial charge in [0.05, 0.1) is 30.0 Å². The average molecular weight is 622 g/mol. The van der Waals surface area contributed by atoms with E-state index in [1.165, 1.54) is 12.1 Å². The Morgan fingerprint density at radius 2 is 1.80 bits per heavy atom. The number of rotatable bonds is 9. The highest BCUT2D eigenvalue weighted by atomic mass is 19.1. The van der Waals surface area contributed by atoms with Crippen molar-refractivity contribution in [1.82, 2.24) is 15.6 Å². The number of benzene rings is 3. The molecule has 236 valence electrons. The van der Waals surface area contributed by atoms with Gasteiger partial charge < -0.3 is 24.3 Å². The number of ether oxygens (including phenoxy) is 2. The van der Waals surface area contributed by atoms with E-state index in [9.17, 15) is 14.3 Å². The average Bonchev–Trinajstić information content (AvgIpc) is 3.76. The van der Waals surface area contributed by atoms with Gasteiger partial charge in [0.2, 0.25) is 0 Å². The van der Waals surface area contributed by atoms with Gasteiger partial charge in [0.25, 0.3) is 5.91 Å². The molecular weight excluding hydrogens is 585 g/mol. The number of carbonyl (C=O) groups excluding carboxylic acids is 1. The molecule has 3 N–H and O–H groups in total. The predicted molar refractivity (Wildman–Crippen MR) is 173 cm³/mol. The molecule has 3 heterocycles. The molecule has 0 spiro atoms. The lowest BCUT2D eigenvalue weighted by molar-refractivity contribution is 0.0252. The van der Waals surface area contributed by atoms with Gasteiger partial charge in [-0.1, -0.05) is 12.1 Å². The first kappa shape index (κ1) is 30.1. The summed E-state index contributed by atoms with van der Waals surface area (Å²) in [5.41, 5.74) is 5.20. The maximum atomic E-state index is 14.1. The number of hydrogen-bond acceptors (Lipinski definition) is 7. The summed E-state index contributed by atoms with van der Waals surface area (Å²) in [5, 5.41) is 17.9. The van der Waals surface area contributed by atoms with E-state index >= 15 is 0 Å². The minimum atomic E-state index is -1.03. The first-order chi connectivity index (χ1) is 22.3. The molecule has 2 fully saturated rings. The van der Waals surface area contributed by atoms with Gasteiger partial charge >= 0.3 is 0 Å². The van der Waals surface area contributed by atoms with Gasteiger partial charge in [-0.15, -0.1) is 0 Å². The second kappa shape index (κ2) is 12.3. The Balaban J connectivity index is 1.31. The van der Waals surface area contributed by atoms with Crippen molar-refractivity contribution in [3.05, 3.63) is 107 Å². The third kappa shape index (κ3) is 5.77. The van der Waals surface area contributed by atoms with Crippen LogP contribution >= 0.6 is 0 Å². The number of aromatic nitrogens is 1. The number of aliphatic hydroxyl groups excluding tert-OH is 1. The van der Waals surface area contributed by atoms with Gasteiger partial charge in [0, 0.05) is 35.6 Å². The van der Waals surface area contributed by atoms with E-state index in [0.717, 1.165) is 48.1 Å². The lowest BCUT2D eigenvalue weighted by Crippen LogP contribution is -2.36. The number of nitrogens with zero attached hydrogens (tertiary/aromatic N) is 1. The van der Waals surface area contributed by atoms with Crippen LogP contribution in [-0.4, -0.2) is 42.4 Å². The van der Waals surface area contributed by atoms with E-state index in [1.54, 1.807) is 25.4 Å².